The fraction of sp³-hybridized carbons (Fsp3) is 0.111. The number of methoxy groups -OCH3 is 1. The molecule has 0 aliphatic carbocycles. The molecule has 2 aromatic rings. The first kappa shape index (κ1) is 10.8. The molecule has 86 valence electrons. The lowest BCUT2D eigenvalue weighted by atomic mass is 10.2. The van der Waals surface area contributed by atoms with E-state index in [0.29, 0.717) is 11.3 Å². The fourth-order valence-corrected chi connectivity index (χ4v) is 1.68. The molecular formula is C9H9NO5S. The lowest BCUT2D eigenvalue weighted by Gasteiger charge is -1.97. The van der Waals surface area contributed by atoms with Crippen LogP contribution in [0, 0.1) is 0 Å². The van der Waals surface area contributed by atoms with Gasteiger partial charge in [-0.2, -0.15) is 8.42 Å². The number of H-pyrrole nitrogens is 1. The number of benzene rings is 1. The summed E-state index contributed by atoms with van der Waals surface area (Å²) in [6.45, 7) is 0. The quantitative estimate of drug-likeness (QED) is 0.794. The molecule has 0 unspecified atom stereocenters. The predicted molar refractivity (Wildman–Crippen MR) is 57.0 cm³/mol. The van der Waals surface area contributed by atoms with Gasteiger partial charge in [0.1, 0.15) is 5.75 Å². The normalized spacial score (nSPS) is 11.6. The molecule has 7 heteroatoms. The highest BCUT2D eigenvalue weighted by atomic mass is 32.3. The van der Waals surface area contributed by atoms with Crippen LogP contribution in [0.15, 0.2) is 24.3 Å². The van der Waals surface area contributed by atoms with Crippen molar-refractivity contribution in [1.29, 1.82) is 0 Å². The highest BCUT2D eigenvalue weighted by Gasteiger charge is 2.10. The molecule has 0 aliphatic rings. The number of aromatic nitrogens is 1. The van der Waals surface area contributed by atoms with E-state index in [4.69, 9.17) is 9.29 Å². The number of ether oxygens (including phenoxy) is 1. The van der Waals surface area contributed by atoms with Gasteiger partial charge >= 0.3 is 10.4 Å². The summed E-state index contributed by atoms with van der Waals surface area (Å²) in [5, 5.41) is 0.749. The van der Waals surface area contributed by atoms with Crippen molar-refractivity contribution < 1.29 is 21.9 Å². The van der Waals surface area contributed by atoms with Crippen molar-refractivity contribution in [2.75, 3.05) is 7.11 Å². The van der Waals surface area contributed by atoms with Crippen molar-refractivity contribution in [3.8, 4) is 11.6 Å². The topological polar surface area (TPSA) is 88.6 Å². The van der Waals surface area contributed by atoms with Gasteiger partial charge in [0.25, 0.3) is 0 Å². The highest BCUT2D eigenvalue weighted by molar-refractivity contribution is 7.81. The minimum atomic E-state index is -4.50. The Balaban J connectivity index is 2.44. The van der Waals surface area contributed by atoms with Crippen LogP contribution in [0.3, 0.4) is 0 Å². The molecule has 2 rings (SSSR count). The Morgan fingerprint density at radius 2 is 2.06 bits per heavy atom. The van der Waals surface area contributed by atoms with Crippen molar-refractivity contribution in [2.24, 2.45) is 0 Å². The zero-order valence-electron chi connectivity index (χ0n) is 8.30. The van der Waals surface area contributed by atoms with Crippen molar-refractivity contribution in [2.45, 2.75) is 0 Å². The summed E-state index contributed by atoms with van der Waals surface area (Å²) < 4.78 is 38.8. The molecule has 0 spiro atoms. The SMILES string of the molecule is COc1ccc2cc(OS(=O)(=O)O)[nH]c2c1. The molecule has 16 heavy (non-hydrogen) atoms. The monoisotopic (exact) mass is 243 g/mol. The maximum atomic E-state index is 10.5. The third-order valence-electron chi connectivity index (χ3n) is 2.00. The lowest BCUT2D eigenvalue weighted by Crippen LogP contribution is -2.06. The number of fused-ring (bicyclic) bond motifs is 1. The average Bonchev–Trinajstić information content (AvgIpc) is 2.55. The van der Waals surface area contributed by atoms with Gasteiger partial charge in [-0.15, -0.1) is 0 Å². The second-order valence-electron chi connectivity index (χ2n) is 3.10. The first-order chi connectivity index (χ1) is 7.48. The van der Waals surface area contributed by atoms with E-state index in [1.165, 1.54) is 13.2 Å². The molecular weight excluding hydrogens is 234 g/mol. The molecule has 0 amide bonds. The maximum Gasteiger partial charge on any atom is 0.447 e. The molecule has 1 aromatic heterocycles. The van der Waals surface area contributed by atoms with Crippen molar-refractivity contribution in [1.82, 2.24) is 4.98 Å². The van der Waals surface area contributed by atoms with Crippen molar-refractivity contribution >= 4 is 21.3 Å². The number of rotatable bonds is 3. The van der Waals surface area contributed by atoms with Gasteiger partial charge in [-0.25, -0.2) is 0 Å². The Hall–Kier alpha value is -1.73. The van der Waals surface area contributed by atoms with E-state index < -0.39 is 10.4 Å². The molecule has 0 radical (unpaired) electrons. The molecule has 0 saturated carbocycles. The Morgan fingerprint density at radius 1 is 1.31 bits per heavy atom. The third kappa shape index (κ3) is 2.26. The van der Waals surface area contributed by atoms with Gasteiger partial charge in [-0.3, -0.25) is 4.55 Å². The van der Waals surface area contributed by atoms with E-state index in [1.807, 2.05) is 0 Å². The molecule has 6 nitrogen and oxygen atoms in total. The van der Waals surface area contributed by atoms with Crippen LogP contribution >= 0.6 is 0 Å². The van der Waals surface area contributed by atoms with Gasteiger partial charge in [-0.05, 0) is 12.1 Å². The summed E-state index contributed by atoms with van der Waals surface area (Å²) in [5.74, 6) is 0.582. The summed E-state index contributed by atoms with van der Waals surface area (Å²) in [5.41, 5.74) is 0.651. The summed E-state index contributed by atoms with van der Waals surface area (Å²) in [7, 11) is -2.98. The van der Waals surface area contributed by atoms with Gasteiger partial charge in [0.2, 0.25) is 5.88 Å². The second kappa shape index (κ2) is 3.69. The van der Waals surface area contributed by atoms with Gasteiger partial charge in [0.05, 0.1) is 12.6 Å². The fourth-order valence-electron chi connectivity index (χ4n) is 1.36. The van der Waals surface area contributed by atoms with Crippen LogP contribution in [0.2, 0.25) is 0 Å². The molecule has 0 aliphatic heterocycles. The van der Waals surface area contributed by atoms with Crippen LogP contribution < -0.4 is 8.92 Å². The van der Waals surface area contributed by atoms with E-state index in [9.17, 15) is 8.42 Å². The molecule has 1 aromatic carbocycles. The zero-order valence-corrected chi connectivity index (χ0v) is 9.11. The highest BCUT2D eigenvalue weighted by Crippen LogP contribution is 2.24. The van der Waals surface area contributed by atoms with E-state index in [0.717, 1.165) is 5.39 Å². The van der Waals surface area contributed by atoms with Crippen LogP contribution in [0.4, 0.5) is 0 Å². The van der Waals surface area contributed by atoms with Crippen molar-refractivity contribution in [3.05, 3.63) is 24.3 Å². The number of nitrogens with one attached hydrogen (secondary N) is 1. The summed E-state index contributed by atoms with van der Waals surface area (Å²) >= 11 is 0. The largest absolute Gasteiger partial charge is 0.497 e. The smallest absolute Gasteiger partial charge is 0.447 e. The predicted octanol–water partition coefficient (Wildman–Crippen LogP) is 1.36. The standard InChI is InChI=1S/C9H9NO5S/c1-14-7-3-2-6-4-9(10-8(6)5-7)15-16(11,12)13/h2-5,10H,1H3,(H,11,12,13). The first-order valence-electron chi connectivity index (χ1n) is 4.31. The number of hydrogen-bond acceptors (Lipinski definition) is 4. The molecule has 0 fully saturated rings. The van der Waals surface area contributed by atoms with Gasteiger partial charge in [0.15, 0.2) is 0 Å². The first-order valence-corrected chi connectivity index (χ1v) is 5.68. The van der Waals surface area contributed by atoms with E-state index in [2.05, 4.69) is 9.17 Å². The molecule has 0 saturated heterocycles. The summed E-state index contributed by atoms with van der Waals surface area (Å²) in [4.78, 5) is 2.69. The molecule has 0 atom stereocenters. The molecule has 2 N–H and O–H groups in total. The van der Waals surface area contributed by atoms with E-state index in [1.54, 1.807) is 18.2 Å². The van der Waals surface area contributed by atoms with Gasteiger partial charge in [-0.1, -0.05) is 0 Å². The minimum absolute atomic E-state index is 0.0502. The van der Waals surface area contributed by atoms with Gasteiger partial charge < -0.3 is 13.9 Å². The van der Waals surface area contributed by atoms with Crippen LogP contribution in [0.1, 0.15) is 0 Å². The zero-order chi connectivity index (χ0) is 11.8. The Kier molecular flexibility index (Phi) is 2.49. The maximum absolute atomic E-state index is 10.5. The average molecular weight is 243 g/mol. The van der Waals surface area contributed by atoms with Crippen LogP contribution in [0.5, 0.6) is 11.6 Å². The Morgan fingerprint density at radius 3 is 2.69 bits per heavy atom. The minimum Gasteiger partial charge on any atom is -0.497 e. The molecule has 0 bridgehead atoms. The third-order valence-corrected chi connectivity index (χ3v) is 2.39. The van der Waals surface area contributed by atoms with Gasteiger partial charge in [0, 0.05) is 17.5 Å². The van der Waals surface area contributed by atoms with E-state index in [-0.39, 0.29) is 5.88 Å². The van der Waals surface area contributed by atoms with E-state index >= 15 is 0 Å². The Labute approximate surface area is 91.8 Å². The Bertz CT molecular complexity index is 616. The summed E-state index contributed by atoms with van der Waals surface area (Å²) in [6, 6.07) is 6.61. The summed E-state index contributed by atoms with van der Waals surface area (Å²) in [6.07, 6.45) is 0. The van der Waals surface area contributed by atoms with Crippen LogP contribution in [0.25, 0.3) is 10.9 Å². The van der Waals surface area contributed by atoms with Crippen LogP contribution in [-0.4, -0.2) is 25.1 Å². The van der Waals surface area contributed by atoms with Crippen LogP contribution in [-0.2, 0) is 10.4 Å². The number of aromatic amines is 1. The lowest BCUT2D eigenvalue weighted by molar-refractivity contribution is 0.382. The second-order valence-corrected chi connectivity index (χ2v) is 4.12. The molecule has 1 heterocycles. The van der Waals surface area contributed by atoms with Crippen molar-refractivity contribution in [3.63, 3.8) is 0 Å². The number of hydrogen-bond donors (Lipinski definition) is 2.